The van der Waals surface area contributed by atoms with Crippen LogP contribution in [0.5, 0.6) is 0 Å². The number of hydrogen-bond acceptors (Lipinski definition) is 7. The number of aromatic nitrogens is 5. The first-order valence-electron chi connectivity index (χ1n) is 10.2. The molecule has 1 aliphatic rings. The number of nitrogens with one attached hydrogen (secondary N) is 1. The third-order valence-electron chi connectivity index (χ3n) is 5.43. The zero-order valence-electron chi connectivity index (χ0n) is 17.5. The van der Waals surface area contributed by atoms with Crippen molar-refractivity contribution in [1.82, 2.24) is 28.8 Å². The standard InChI is InChI=1S/C22H20FN7OS/c1-13-18-19(26-17-4-3-9-24-12-17)27-20(21-25-14(2)28-32-21)30(18)11-10-29(13)22(31)15-5-7-16(23)8-6-15/h3-9,12-13,26H,10-11H2,1-2H3. The van der Waals surface area contributed by atoms with Crippen LogP contribution < -0.4 is 5.32 Å². The van der Waals surface area contributed by atoms with Crippen molar-refractivity contribution in [2.24, 2.45) is 0 Å². The van der Waals surface area contributed by atoms with Gasteiger partial charge in [0.25, 0.3) is 5.91 Å². The smallest absolute Gasteiger partial charge is 0.254 e. The summed E-state index contributed by atoms with van der Waals surface area (Å²) in [6, 6.07) is 9.11. The van der Waals surface area contributed by atoms with Crippen molar-refractivity contribution in [3.63, 3.8) is 0 Å². The summed E-state index contributed by atoms with van der Waals surface area (Å²) in [5, 5.41) is 4.07. The van der Waals surface area contributed by atoms with E-state index in [1.807, 2.05) is 26.0 Å². The maximum atomic E-state index is 13.3. The number of hydrogen-bond donors (Lipinski definition) is 1. The fraction of sp³-hybridized carbons (Fsp3) is 0.227. The number of nitrogens with zero attached hydrogens (tertiary/aromatic N) is 6. The topological polar surface area (TPSA) is 88.8 Å². The summed E-state index contributed by atoms with van der Waals surface area (Å²) in [6.07, 6.45) is 3.42. The highest BCUT2D eigenvalue weighted by Crippen LogP contribution is 2.37. The van der Waals surface area contributed by atoms with E-state index in [0.29, 0.717) is 30.3 Å². The van der Waals surface area contributed by atoms with Crippen LogP contribution in [0.3, 0.4) is 0 Å². The van der Waals surface area contributed by atoms with E-state index < -0.39 is 0 Å². The Bertz CT molecular complexity index is 1270. The number of halogens is 1. The number of carbonyl (C=O) groups is 1. The number of benzene rings is 1. The molecule has 5 rings (SSSR count). The van der Waals surface area contributed by atoms with Gasteiger partial charge in [-0.05, 0) is 61.8 Å². The van der Waals surface area contributed by atoms with Crippen LogP contribution in [0.4, 0.5) is 15.9 Å². The van der Waals surface area contributed by atoms with Crippen molar-refractivity contribution in [3.05, 3.63) is 71.7 Å². The lowest BCUT2D eigenvalue weighted by Crippen LogP contribution is -2.41. The molecule has 1 unspecified atom stereocenters. The zero-order valence-corrected chi connectivity index (χ0v) is 18.3. The van der Waals surface area contributed by atoms with Gasteiger partial charge >= 0.3 is 0 Å². The number of amides is 1. The molecule has 4 aromatic rings. The average molecular weight is 450 g/mol. The van der Waals surface area contributed by atoms with Gasteiger partial charge in [0.1, 0.15) is 11.6 Å². The Morgan fingerprint density at radius 1 is 1.19 bits per heavy atom. The van der Waals surface area contributed by atoms with Gasteiger partial charge in [-0.3, -0.25) is 9.78 Å². The van der Waals surface area contributed by atoms with Gasteiger partial charge in [-0.25, -0.2) is 14.4 Å². The molecule has 0 saturated carbocycles. The Morgan fingerprint density at radius 2 is 2.00 bits per heavy atom. The molecule has 32 heavy (non-hydrogen) atoms. The van der Waals surface area contributed by atoms with Gasteiger partial charge < -0.3 is 14.8 Å². The van der Waals surface area contributed by atoms with Crippen molar-refractivity contribution >= 4 is 28.9 Å². The van der Waals surface area contributed by atoms with Crippen LogP contribution in [0.25, 0.3) is 10.8 Å². The molecule has 0 radical (unpaired) electrons. The van der Waals surface area contributed by atoms with Gasteiger partial charge in [0.15, 0.2) is 16.6 Å². The highest BCUT2D eigenvalue weighted by molar-refractivity contribution is 7.09. The summed E-state index contributed by atoms with van der Waals surface area (Å²) >= 11 is 1.30. The molecule has 0 aliphatic carbocycles. The quantitative estimate of drug-likeness (QED) is 0.502. The van der Waals surface area contributed by atoms with E-state index in [1.165, 1.54) is 35.8 Å². The molecule has 162 valence electrons. The van der Waals surface area contributed by atoms with Crippen molar-refractivity contribution in [2.45, 2.75) is 26.4 Å². The molecule has 0 spiro atoms. The number of anilines is 2. The van der Waals surface area contributed by atoms with Gasteiger partial charge in [-0.2, -0.15) is 4.37 Å². The lowest BCUT2D eigenvalue weighted by atomic mass is 10.1. The van der Waals surface area contributed by atoms with E-state index in [0.717, 1.165) is 22.2 Å². The molecule has 0 fully saturated rings. The summed E-state index contributed by atoms with van der Waals surface area (Å²) in [4.78, 5) is 28.5. The number of rotatable bonds is 4. The minimum absolute atomic E-state index is 0.148. The van der Waals surface area contributed by atoms with Crippen LogP contribution in [0, 0.1) is 12.7 Å². The lowest BCUT2D eigenvalue weighted by Gasteiger charge is -2.35. The van der Waals surface area contributed by atoms with Crippen LogP contribution in [-0.2, 0) is 6.54 Å². The molecular formula is C22H20FN7OS. The molecule has 1 amide bonds. The number of imidazole rings is 1. The molecule has 1 aromatic carbocycles. The summed E-state index contributed by atoms with van der Waals surface area (Å²) < 4.78 is 19.7. The van der Waals surface area contributed by atoms with E-state index in [2.05, 4.69) is 24.2 Å². The molecule has 10 heteroatoms. The first-order chi connectivity index (χ1) is 15.5. The van der Waals surface area contributed by atoms with Crippen molar-refractivity contribution in [3.8, 4) is 10.8 Å². The third-order valence-corrected chi connectivity index (χ3v) is 6.23. The average Bonchev–Trinajstić information content (AvgIpc) is 3.39. The largest absolute Gasteiger partial charge is 0.337 e. The van der Waals surface area contributed by atoms with Gasteiger partial charge in [-0.1, -0.05) is 0 Å². The van der Waals surface area contributed by atoms with Gasteiger partial charge in [-0.15, -0.1) is 0 Å². The van der Waals surface area contributed by atoms with E-state index in [-0.39, 0.29) is 17.8 Å². The van der Waals surface area contributed by atoms with E-state index >= 15 is 0 Å². The number of aryl methyl sites for hydroxylation is 1. The predicted octanol–water partition coefficient (Wildman–Crippen LogP) is 4.20. The Labute approximate surface area is 188 Å². The van der Waals surface area contributed by atoms with E-state index in [4.69, 9.17) is 4.98 Å². The minimum atomic E-state index is -0.369. The van der Waals surface area contributed by atoms with Crippen molar-refractivity contribution in [2.75, 3.05) is 11.9 Å². The molecule has 3 aromatic heterocycles. The number of carbonyl (C=O) groups excluding carboxylic acids is 1. The van der Waals surface area contributed by atoms with Gasteiger partial charge in [0, 0.05) is 24.8 Å². The molecular weight excluding hydrogens is 429 g/mol. The Balaban J connectivity index is 1.56. The summed E-state index contributed by atoms with van der Waals surface area (Å²) in [5.41, 5.74) is 2.12. The highest BCUT2D eigenvalue weighted by Gasteiger charge is 2.34. The van der Waals surface area contributed by atoms with Crippen LogP contribution >= 0.6 is 11.5 Å². The Kier molecular flexibility index (Phi) is 5.14. The molecule has 1 N–H and O–H groups in total. The van der Waals surface area contributed by atoms with E-state index in [1.54, 1.807) is 17.3 Å². The SMILES string of the molecule is Cc1nsc(-c2nc(Nc3cccnc3)c3n2CCN(C(=O)c2ccc(F)cc2)C3C)n1. The summed E-state index contributed by atoms with van der Waals surface area (Å²) in [7, 11) is 0. The number of pyridine rings is 1. The van der Waals surface area contributed by atoms with Crippen LogP contribution in [0.2, 0.25) is 0 Å². The summed E-state index contributed by atoms with van der Waals surface area (Å²) in [5.74, 6) is 1.54. The Hall–Kier alpha value is -3.66. The molecule has 8 nitrogen and oxygen atoms in total. The van der Waals surface area contributed by atoms with Crippen LogP contribution in [0.15, 0.2) is 48.8 Å². The maximum absolute atomic E-state index is 13.3. The third kappa shape index (κ3) is 3.62. The van der Waals surface area contributed by atoms with Crippen molar-refractivity contribution in [1.29, 1.82) is 0 Å². The second-order valence-electron chi connectivity index (χ2n) is 7.52. The fourth-order valence-corrected chi connectivity index (χ4v) is 4.59. The molecule has 4 heterocycles. The first-order valence-corrected chi connectivity index (χ1v) is 10.9. The van der Waals surface area contributed by atoms with Gasteiger partial charge in [0.05, 0.1) is 23.6 Å². The zero-order chi connectivity index (χ0) is 22.2. The first kappa shape index (κ1) is 20.3. The normalized spacial score (nSPS) is 15.5. The number of fused-ring (bicyclic) bond motifs is 1. The van der Waals surface area contributed by atoms with Gasteiger partial charge in [0.2, 0.25) is 0 Å². The minimum Gasteiger partial charge on any atom is -0.337 e. The second-order valence-corrected chi connectivity index (χ2v) is 8.27. The van der Waals surface area contributed by atoms with Crippen LogP contribution in [-0.4, -0.2) is 41.2 Å². The molecule has 0 saturated heterocycles. The molecule has 1 atom stereocenters. The molecule has 0 bridgehead atoms. The van der Waals surface area contributed by atoms with E-state index in [9.17, 15) is 9.18 Å². The second kappa shape index (κ2) is 8.12. The highest BCUT2D eigenvalue weighted by atomic mass is 32.1. The maximum Gasteiger partial charge on any atom is 0.254 e. The summed E-state index contributed by atoms with van der Waals surface area (Å²) in [6.45, 7) is 4.87. The Morgan fingerprint density at radius 3 is 2.69 bits per heavy atom. The van der Waals surface area contributed by atoms with Crippen molar-refractivity contribution < 1.29 is 9.18 Å². The lowest BCUT2D eigenvalue weighted by molar-refractivity contribution is 0.0646. The predicted molar refractivity (Wildman–Crippen MR) is 119 cm³/mol. The fourth-order valence-electron chi connectivity index (χ4n) is 3.92. The van der Waals surface area contributed by atoms with Crippen LogP contribution in [0.1, 0.15) is 34.8 Å². The monoisotopic (exact) mass is 449 g/mol. The molecule has 1 aliphatic heterocycles.